The van der Waals surface area contributed by atoms with Crippen LogP contribution in [0.25, 0.3) is 0 Å². The summed E-state index contributed by atoms with van der Waals surface area (Å²) in [6, 6.07) is 13.2. The zero-order chi connectivity index (χ0) is 23.1. The monoisotopic (exact) mass is 461 g/mol. The summed E-state index contributed by atoms with van der Waals surface area (Å²) in [7, 11) is -1.58. The number of piperazine rings is 1. The van der Waals surface area contributed by atoms with Crippen molar-refractivity contribution < 1.29 is 12.8 Å². The Labute approximate surface area is 190 Å². The Morgan fingerprint density at radius 1 is 1.12 bits per heavy atom. The molecule has 1 fully saturated rings. The SMILES string of the molecule is CN1CCN(CCCS(=O)(=O)N(Cc2ccc(C(=N)CN)cc2F)c2ccccc2)CC1. The zero-order valence-electron chi connectivity index (χ0n) is 18.5. The number of hydrogen-bond acceptors (Lipinski definition) is 6. The normalized spacial score (nSPS) is 15.6. The second kappa shape index (κ2) is 11.0. The van der Waals surface area contributed by atoms with E-state index in [0.29, 0.717) is 17.7 Å². The molecule has 3 N–H and O–H groups in total. The van der Waals surface area contributed by atoms with E-state index in [4.69, 9.17) is 11.1 Å². The van der Waals surface area contributed by atoms with E-state index in [0.717, 1.165) is 32.7 Å². The number of rotatable bonds is 10. The fraction of sp³-hybridized carbons (Fsp3) is 0.435. The summed E-state index contributed by atoms with van der Waals surface area (Å²) in [6.45, 7) is 4.47. The molecule has 0 spiro atoms. The standard InChI is InChI=1S/C23H32FN5O2S/c1-27-11-13-28(14-12-27)10-5-15-32(30,31)29(21-6-3-2-4-7-21)18-20-9-8-19(16-22(20)24)23(26)17-25/h2-4,6-9,16,26H,5,10-15,17-18,25H2,1H3. The molecule has 0 saturated carbocycles. The summed E-state index contributed by atoms with van der Waals surface area (Å²) in [5.41, 5.74) is 6.76. The van der Waals surface area contributed by atoms with Gasteiger partial charge in [0.25, 0.3) is 0 Å². The van der Waals surface area contributed by atoms with Gasteiger partial charge < -0.3 is 20.9 Å². The first-order chi connectivity index (χ1) is 15.3. The summed E-state index contributed by atoms with van der Waals surface area (Å²) in [6.07, 6.45) is 0.518. The van der Waals surface area contributed by atoms with Gasteiger partial charge in [0.2, 0.25) is 10.0 Å². The van der Waals surface area contributed by atoms with Gasteiger partial charge in [-0.25, -0.2) is 12.8 Å². The molecule has 2 aromatic carbocycles. The number of sulfonamides is 1. The van der Waals surface area contributed by atoms with Crippen molar-refractivity contribution in [3.8, 4) is 0 Å². The van der Waals surface area contributed by atoms with E-state index in [2.05, 4.69) is 16.8 Å². The van der Waals surface area contributed by atoms with Gasteiger partial charge in [-0.1, -0.05) is 30.3 Å². The molecule has 3 rings (SSSR count). The Hall–Kier alpha value is -2.33. The molecule has 1 saturated heterocycles. The van der Waals surface area contributed by atoms with E-state index in [1.54, 1.807) is 30.3 Å². The Kier molecular flexibility index (Phi) is 8.36. The summed E-state index contributed by atoms with van der Waals surface area (Å²) in [5, 5.41) is 7.79. The average molecular weight is 462 g/mol. The second-order valence-corrected chi connectivity index (χ2v) is 10.2. The minimum Gasteiger partial charge on any atom is -0.325 e. The number of nitrogens with one attached hydrogen (secondary N) is 1. The Morgan fingerprint density at radius 2 is 1.81 bits per heavy atom. The topological polar surface area (TPSA) is 93.7 Å². The molecule has 1 aliphatic rings. The van der Waals surface area contributed by atoms with Crippen LogP contribution in [0.3, 0.4) is 0 Å². The molecule has 0 aromatic heterocycles. The molecule has 1 aliphatic heterocycles. The maximum absolute atomic E-state index is 14.8. The van der Waals surface area contributed by atoms with Crippen LogP contribution in [-0.2, 0) is 16.6 Å². The first kappa shape index (κ1) is 24.3. The number of nitrogens with zero attached hydrogens (tertiary/aromatic N) is 3. The van der Waals surface area contributed by atoms with Crippen LogP contribution in [0.5, 0.6) is 0 Å². The number of anilines is 1. The van der Waals surface area contributed by atoms with Gasteiger partial charge in [0, 0.05) is 38.3 Å². The van der Waals surface area contributed by atoms with Crippen LogP contribution in [-0.4, -0.2) is 76.0 Å². The van der Waals surface area contributed by atoms with Gasteiger partial charge in [0.15, 0.2) is 0 Å². The predicted octanol–water partition coefficient (Wildman–Crippen LogP) is 2.13. The maximum Gasteiger partial charge on any atom is 0.235 e. The van der Waals surface area contributed by atoms with Crippen molar-refractivity contribution in [3.05, 3.63) is 65.5 Å². The van der Waals surface area contributed by atoms with E-state index in [1.165, 1.54) is 16.4 Å². The van der Waals surface area contributed by atoms with Crippen LogP contribution >= 0.6 is 0 Å². The van der Waals surface area contributed by atoms with Crippen molar-refractivity contribution in [2.75, 3.05) is 56.4 Å². The molecule has 0 unspecified atom stereocenters. The maximum atomic E-state index is 14.8. The molecule has 0 aliphatic carbocycles. The molecule has 0 amide bonds. The fourth-order valence-electron chi connectivity index (χ4n) is 3.73. The number of nitrogens with two attached hydrogens (primary N) is 1. The lowest BCUT2D eigenvalue weighted by atomic mass is 10.1. The molecular formula is C23H32FN5O2S. The third-order valence-corrected chi connectivity index (χ3v) is 7.59. The first-order valence-corrected chi connectivity index (χ1v) is 12.4. The van der Waals surface area contributed by atoms with Gasteiger partial charge in [0.1, 0.15) is 5.82 Å². The molecule has 2 aromatic rings. The van der Waals surface area contributed by atoms with Crippen molar-refractivity contribution in [1.29, 1.82) is 5.41 Å². The summed E-state index contributed by atoms with van der Waals surface area (Å²) >= 11 is 0. The zero-order valence-corrected chi connectivity index (χ0v) is 19.3. The quantitative estimate of drug-likeness (QED) is 0.529. The van der Waals surface area contributed by atoms with Crippen LogP contribution in [0.4, 0.5) is 10.1 Å². The molecule has 32 heavy (non-hydrogen) atoms. The molecule has 0 bridgehead atoms. The van der Waals surface area contributed by atoms with E-state index in [-0.39, 0.29) is 30.1 Å². The van der Waals surface area contributed by atoms with Crippen LogP contribution in [0.1, 0.15) is 17.5 Å². The van der Waals surface area contributed by atoms with E-state index < -0.39 is 15.8 Å². The Bertz CT molecular complexity index is 1010. The Morgan fingerprint density at radius 3 is 2.44 bits per heavy atom. The molecule has 1 heterocycles. The van der Waals surface area contributed by atoms with Gasteiger partial charge >= 0.3 is 0 Å². The number of halogens is 1. The van der Waals surface area contributed by atoms with Crippen molar-refractivity contribution in [1.82, 2.24) is 9.80 Å². The fourth-order valence-corrected chi connectivity index (χ4v) is 5.23. The van der Waals surface area contributed by atoms with Crippen LogP contribution < -0.4 is 10.0 Å². The number of hydrogen-bond donors (Lipinski definition) is 2. The second-order valence-electron chi connectivity index (χ2n) is 8.15. The molecule has 0 radical (unpaired) electrons. The minimum atomic E-state index is -3.67. The molecule has 0 atom stereocenters. The van der Waals surface area contributed by atoms with E-state index >= 15 is 0 Å². The molecular weight excluding hydrogens is 429 g/mol. The number of benzene rings is 2. The van der Waals surface area contributed by atoms with Crippen LogP contribution in [0, 0.1) is 11.2 Å². The minimum absolute atomic E-state index is 0.00818. The van der Waals surface area contributed by atoms with Gasteiger partial charge in [-0.05, 0) is 43.8 Å². The van der Waals surface area contributed by atoms with Crippen molar-refractivity contribution in [2.45, 2.75) is 13.0 Å². The lowest BCUT2D eigenvalue weighted by Crippen LogP contribution is -2.45. The third kappa shape index (κ3) is 6.35. The number of para-hydroxylation sites is 1. The first-order valence-electron chi connectivity index (χ1n) is 10.8. The highest BCUT2D eigenvalue weighted by molar-refractivity contribution is 7.92. The van der Waals surface area contributed by atoms with E-state index in [1.807, 2.05) is 6.07 Å². The molecule has 174 valence electrons. The average Bonchev–Trinajstić information content (AvgIpc) is 2.79. The Balaban J connectivity index is 1.75. The van der Waals surface area contributed by atoms with Gasteiger partial charge in [-0.3, -0.25) is 4.31 Å². The molecule has 9 heteroatoms. The van der Waals surface area contributed by atoms with Crippen LogP contribution in [0.2, 0.25) is 0 Å². The van der Waals surface area contributed by atoms with Crippen LogP contribution in [0.15, 0.2) is 48.5 Å². The highest BCUT2D eigenvalue weighted by atomic mass is 32.2. The summed E-state index contributed by atoms with van der Waals surface area (Å²) < 4.78 is 42.6. The summed E-state index contributed by atoms with van der Waals surface area (Å²) in [4.78, 5) is 4.55. The largest absolute Gasteiger partial charge is 0.325 e. The number of likely N-dealkylation sites (N-methyl/N-ethyl adjacent to an activating group) is 1. The third-order valence-electron chi connectivity index (χ3n) is 5.77. The predicted molar refractivity (Wildman–Crippen MR) is 127 cm³/mol. The van der Waals surface area contributed by atoms with Gasteiger partial charge in [0.05, 0.1) is 23.7 Å². The van der Waals surface area contributed by atoms with Crippen molar-refractivity contribution in [2.24, 2.45) is 5.73 Å². The van der Waals surface area contributed by atoms with Crippen molar-refractivity contribution in [3.63, 3.8) is 0 Å². The highest BCUT2D eigenvalue weighted by Crippen LogP contribution is 2.23. The molecule has 7 nitrogen and oxygen atoms in total. The van der Waals surface area contributed by atoms with Crippen molar-refractivity contribution >= 4 is 21.4 Å². The van der Waals surface area contributed by atoms with E-state index in [9.17, 15) is 12.8 Å². The van der Waals surface area contributed by atoms with Gasteiger partial charge in [-0.2, -0.15) is 0 Å². The lowest BCUT2D eigenvalue weighted by molar-refractivity contribution is 0.154. The summed E-state index contributed by atoms with van der Waals surface area (Å²) in [5.74, 6) is -0.555. The highest BCUT2D eigenvalue weighted by Gasteiger charge is 2.24. The smallest absolute Gasteiger partial charge is 0.235 e. The van der Waals surface area contributed by atoms with Gasteiger partial charge in [-0.15, -0.1) is 0 Å². The lowest BCUT2D eigenvalue weighted by Gasteiger charge is -2.32.